The van der Waals surface area contributed by atoms with Gasteiger partial charge >= 0.3 is 0 Å². The molecule has 4 N–H and O–H groups in total. The van der Waals surface area contributed by atoms with E-state index < -0.39 is 0 Å². The maximum atomic E-state index is 4.86. The first-order valence-electron chi connectivity index (χ1n) is 12.7. The molecule has 0 spiro atoms. The number of rotatable bonds is 5. The molecule has 8 heteroatoms. The lowest BCUT2D eigenvalue weighted by Gasteiger charge is -2.06. The Kier molecular flexibility index (Phi) is 5.33. The third kappa shape index (κ3) is 3.98. The van der Waals surface area contributed by atoms with E-state index >= 15 is 0 Å². The number of H-pyrrole nitrogens is 2. The van der Waals surface area contributed by atoms with E-state index in [2.05, 4.69) is 78.0 Å². The van der Waals surface area contributed by atoms with Gasteiger partial charge in [-0.3, -0.25) is 0 Å². The molecule has 2 aromatic carbocycles. The molecule has 8 nitrogen and oxygen atoms in total. The van der Waals surface area contributed by atoms with Crippen molar-refractivity contribution in [2.24, 2.45) is 0 Å². The van der Waals surface area contributed by atoms with Gasteiger partial charge in [0, 0.05) is 18.0 Å². The van der Waals surface area contributed by atoms with Crippen molar-refractivity contribution in [2.75, 3.05) is 13.1 Å². The predicted octanol–water partition coefficient (Wildman–Crippen LogP) is 4.93. The van der Waals surface area contributed by atoms with Gasteiger partial charge in [-0.2, -0.15) is 0 Å². The number of aromatic nitrogens is 6. The van der Waals surface area contributed by atoms with Crippen LogP contribution < -0.4 is 10.6 Å². The zero-order valence-corrected chi connectivity index (χ0v) is 20.0. The van der Waals surface area contributed by atoms with Gasteiger partial charge in [0.15, 0.2) is 5.82 Å². The van der Waals surface area contributed by atoms with E-state index in [-0.39, 0.29) is 0 Å². The summed E-state index contributed by atoms with van der Waals surface area (Å²) in [6, 6.07) is 15.6. The third-order valence-corrected chi connectivity index (χ3v) is 7.32. The van der Waals surface area contributed by atoms with E-state index in [4.69, 9.17) is 4.98 Å². The Morgan fingerprint density at radius 2 is 1.31 bits per heavy atom. The molecule has 7 rings (SSSR count). The van der Waals surface area contributed by atoms with Gasteiger partial charge in [0.1, 0.15) is 17.3 Å². The van der Waals surface area contributed by atoms with Gasteiger partial charge in [0.25, 0.3) is 0 Å². The van der Waals surface area contributed by atoms with Crippen LogP contribution in [0.15, 0.2) is 61.1 Å². The first kappa shape index (κ1) is 21.4. The van der Waals surface area contributed by atoms with Crippen LogP contribution >= 0.6 is 0 Å². The molecule has 0 amide bonds. The first-order chi connectivity index (χ1) is 17.8. The van der Waals surface area contributed by atoms with Gasteiger partial charge in [-0.05, 0) is 67.6 Å². The summed E-state index contributed by atoms with van der Waals surface area (Å²) in [7, 11) is 0. The maximum Gasteiger partial charge on any atom is 0.177 e. The molecule has 2 aliphatic heterocycles. The number of fused-ring (bicyclic) bond motifs is 1. The molecule has 2 atom stereocenters. The van der Waals surface area contributed by atoms with E-state index in [1.807, 2.05) is 18.6 Å². The van der Waals surface area contributed by atoms with Crippen LogP contribution in [0, 0.1) is 0 Å². The summed E-state index contributed by atoms with van der Waals surface area (Å²) in [4.78, 5) is 25.4. The van der Waals surface area contributed by atoms with Crippen molar-refractivity contribution in [1.29, 1.82) is 0 Å². The highest BCUT2D eigenvalue weighted by molar-refractivity contribution is 5.82. The second-order valence-corrected chi connectivity index (χ2v) is 9.71. The van der Waals surface area contributed by atoms with Crippen molar-refractivity contribution in [3.8, 4) is 33.8 Å². The van der Waals surface area contributed by atoms with Crippen LogP contribution in [0.4, 0.5) is 0 Å². The van der Waals surface area contributed by atoms with E-state index in [9.17, 15) is 0 Å². The summed E-state index contributed by atoms with van der Waals surface area (Å²) in [5, 5.41) is 6.98. The number of nitrogens with one attached hydrogen (secondary N) is 4. The number of hydrogen-bond acceptors (Lipinski definition) is 6. The van der Waals surface area contributed by atoms with Crippen LogP contribution in [0.1, 0.15) is 49.4 Å². The van der Waals surface area contributed by atoms with Gasteiger partial charge in [0.2, 0.25) is 0 Å². The van der Waals surface area contributed by atoms with Crippen LogP contribution in [0.25, 0.3) is 44.8 Å². The van der Waals surface area contributed by atoms with E-state index in [0.717, 1.165) is 76.6 Å². The molecule has 0 aliphatic carbocycles. The fourth-order valence-corrected chi connectivity index (χ4v) is 5.30. The molecular formula is C28H28N8. The summed E-state index contributed by atoms with van der Waals surface area (Å²) in [5.41, 5.74) is 7.33. The van der Waals surface area contributed by atoms with Crippen molar-refractivity contribution in [3.63, 3.8) is 0 Å². The Morgan fingerprint density at radius 3 is 2.00 bits per heavy atom. The lowest BCUT2D eigenvalue weighted by Crippen LogP contribution is -2.14. The minimum Gasteiger partial charge on any atom is -0.341 e. The lowest BCUT2D eigenvalue weighted by atomic mass is 10.0. The lowest BCUT2D eigenvalue weighted by molar-refractivity contribution is 0.613. The molecule has 2 fully saturated rings. The Hall–Kier alpha value is -3.88. The minimum atomic E-state index is 0.302. The molecule has 36 heavy (non-hydrogen) atoms. The fraction of sp³-hybridized carbons (Fsp3) is 0.286. The zero-order chi connectivity index (χ0) is 23.9. The molecule has 3 aromatic heterocycles. The monoisotopic (exact) mass is 476 g/mol. The molecule has 0 bridgehead atoms. The molecule has 2 saturated heterocycles. The van der Waals surface area contributed by atoms with Crippen LogP contribution in [-0.4, -0.2) is 43.0 Å². The van der Waals surface area contributed by atoms with Crippen molar-refractivity contribution in [1.82, 2.24) is 40.5 Å². The average molecular weight is 477 g/mol. The van der Waals surface area contributed by atoms with Gasteiger partial charge in [-0.15, -0.1) is 0 Å². The van der Waals surface area contributed by atoms with Gasteiger partial charge < -0.3 is 20.6 Å². The van der Waals surface area contributed by atoms with Crippen LogP contribution in [0.3, 0.4) is 0 Å². The molecule has 5 heterocycles. The second kappa shape index (κ2) is 8.96. The second-order valence-electron chi connectivity index (χ2n) is 9.71. The third-order valence-electron chi connectivity index (χ3n) is 7.32. The standard InChI is InChI=1S/C28H28N8/c1-3-22(29-11-1)27-33-16-25(36-27)26-31-14-20(15-32-26)18-7-5-17(6-8-18)19-9-10-21-24(13-19)35-28(34-21)23-4-2-12-30-23/h5-10,13-16,22-23,29-30H,1-4,11-12H2,(H,33,36)(H,34,35)/t22-,23-/m0/s1. The molecule has 0 radical (unpaired) electrons. The number of imidazole rings is 2. The number of hydrogen-bond donors (Lipinski definition) is 4. The van der Waals surface area contributed by atoms with E-state index in [1.54, 1.807) is 0 Å². The maximum absolute atomic E-state index is 4.86. The topological polar surface area (TPSA) is 107 Å². The number of aromatic amines is 2. The van der Waals surface area contributed by atoms with Gasteiger partial charge in [-0.1, -0.05) is 30.3 Å². The quantitative estimate of drug-likeness (QED) is 0.287. The smallest absolute Gasteiger partial charge is 0.177 e. The summed E-state index contributed by atoms with van der Waals surface area (Å²) < 4.78 is 0. The molecule has 0 saturated carbocycles. The summed E-state index contributed by atoms with van der Waals surface area (Å²) in [6.07, 6.45) is 10.2. The molecule has 5 aromatic rings. The minimum absolute atomic E-state index is 0.302. The van der Waals surface area contributed by atoms with Gasteiger partial charge in [-0.25, -0.2) is 19.9 Å². The van der Waals surface area contributed by atoms with Crippen molar-refractivity contribution in [3.05, 3.63) is 72.7 Å². The number of benzene rings is 2. The molecule has 2 aliphatic rings. The van der Waals surface area contributed by atoms with Crippen LogP contribution in [-0.2, 0) is 0 Å². The summed E-state index contributed by atoms with van der Waals surface area (Å²) in [6.45, 7) is 2.11. The predicted molar refractivity (Wildman–Crippen MR) is 140 cm³/mol. The van der Waals surface area contributed by atoms with Crippen molar-refractivity contribution in [2.45, 2.75) is 37.8 Å². The Bertz CT molecular complexity index is 1490. The molecular weight excluding hydrogens is 448 g/mol. The zero-order valence-electron chi connectivity index (χ0n) is 20.0. The van der Waals surface area contributed by atoms with Crippen LogP contribution in [0.5, 0.6) is 0 Å². The normalized spacial score (nSPS) is 19.9. The summed E-state index contributed by atoms with van der Waals surface area (Å²) >= 11 is 0. The fourth-order valence-electron chi connectivity index (χ4n) is 5.30. The highest BCUT2D eigenvalue weighted by atomic mass is 15.1. The molecule has 180 valence electrons. The van der Waals surface area contributed by atoms with Crippen molar-refractivity contribution >= 4 is 11.0 Å². The van der Waals surface area contributed by atoms with E-state index in [0.29, 0.717) is 17.9 Å². The average Bonchev–Trinajstić information content (AvgIpc) is 3.75. The summed E-state index contributed by atoms with van der Waals surface area (Å²) in [5.74, 6) is 2.66. The highest BCUT2D eigenvalue weighted by Crippen LogP contribution is 2.29. The first-order valence-corrected chi connectivity index (χ1v) is 12.7. The molecule has 0 unspecified atom stereocenters. The Balaban J connectivity index is 1.09. The van der Waals surface area contributed by atoms with Crippen molar-refractivity contribution < 1.29 is 0 Å². The SMILES string of the molecule is c1cc(-c2ccc3[nH]c([C@@H]4CCCN4)nc3c2)ccc1-c1cnc(-c2cnc([C@@H]3CCCN3)[nH]2)nc1. The van der Waals surface area contributed by atoms with Crippen LogP contribution in [0.2, 0.25) is 0 Å². The Morgan fingerprint density at radius 1 is 0.639 bits per heavy atom. The number of nitrogens with zero attached hydrogens (tertiary/aromatic N) is 4. The van der Waals surface area contributed by atoms with Gasteiger partial charge in [0.05, 0.1) is 29.3 Å². The van der Waals surface area contributed by atoms with E-state index in [1.165, 1.54) is 12.8 Å². The highest BCUT2D eigenvalue weighted by Gasteiger charge is 2.20. The largest absolute Gasteiger partial charge is 0.341 e. The Labute approximate surface area is 209 Å².